The van der Waals surface area contributed by atoms with Crippen LogP contribution >= 0.6 is 0 Å². The van der Waals surface area contributed by atoms with E-state index in [1.165, 1.54) is 4.31 Å². The van der Waals surface area contributed by atoms with Gasteiger partial charge in [-0.2, -0.15) is 4.31 Å². The SMILES string of the molecule is CCCNC(=O)N1CCc2cc(S(=O)(=O)N3CCOCC3)ccc21. The summed E-state index contributed by atoms with van der Waals surface area (Å²) in [5.41, 5.74) is 1.69. The van der Waals surface area contributed by atoms with Crippen molar-refractivity contribution in [1.82, 2.24) is 9.62 Å². The lowest BCUT2D eigenvalue weighted by Gasteiger charge is -2.26. The molecule has 7 nitrogen and oxygen atoms in total. The van der Waals surface area contributed by atoms with E-state index in [2.05, 4.69) is 5.32 Å². The van der Waals surface area contributed by atoms with Crippen molar-refractivity contribution in [1.29, 1.82) is 0 Å². The van der Waals surface area contributed by atoms with E-state index in [1.807, 2.05) is 6.92 Å². The van der Waals surface area contributed by atoms with Crippen molar-refractivity contribution >= 4 is 21.7 Å². The third-order valence-corrected chi connectivity index (χ3v) is 6.22. The number of carbonyl (C=O) groups is 1. The molecule has 1 fully saturated rings. The van der Waals surface area contributed by atoms with Gasteiger partial charge in [-0.05, 0) is 36.6 Å². The molecule has 2 heterocycles. The fraction of sp³-hybridized carbons (Fsp3) is 0.562. The maximum absolute atomic E-state index is 12.7. The van der Waals surface area contributed by atoms with Gasteiger partial charge in [0.25, 0.3) is 0 Å². The molecule has 1 saturated heterocycles. The van der Waals surface area contributed by atoms with Gasteiger partial charge in [-0.1, -0.05) is 6.92 Å². The molecule has 0 aromatic heterocycles. The van der Waals surface area contributed by atoms with Crippen molar-refractivity contribution < 1.29 is 17.9 Å². The number of fused-ring (bicyclic) bond motifs is 1. The van der Waals surface area contributed by atoms with Gasteiger partial charge in [0.1, 0.15) is 0 Å². The summed E-state index contributed by atoms with van der Waals surface area (Å²) >= 11 is 0. The number of ether oxygens (including phenoxy) is 1. The van der Waals surface area contributed by atoms with Crippen LogP contribution in [0.25, 0.3) is 0 Å². The van der Waals surface area contributed by atoms with Crippen molar-refractivity contribution in [3.05, 3.63) is 23.8 Å². The normalized spacial score (nSPS) is 18.5. The summed E-state index contributed by atoms with van der Waals surface area (Å²) in [4.78, 5) is 14.1. The van der Waals surface area contributed by atoms with Crippen LogP contribution in [0.15, 0.2) is 23.1 Å². The van der Waals surface area contributed by atoms with Crippen LogP contribution in [0.1, 0.15) is 18.9 Å². The highest BCUT2D eigenvalue weighted by molar-refractivity contribution is 7.89. The van der Waals surface area contributed by atoms with Gasteiger partial charge in [0.15, 0.2) is 0 Å². The van der Waals surface area contributed by atoms with Crippen LogP contribution in [-0.2, 0) is 21.2 Å². The van der Waals surface area contributed by atoms with Gasteiger partial charge < -0.3 is 10.1 Å². The summed E-state index contributed by atoms with van der Waals surface area (Å²) < 4.78 is 32.1. The number of hydrogen-bond donors (Lipinski definition) is 1. The van der Waals surface area contributed by atoms with E-state index < -0.39 is 10.0 Å². The van der Waals surface area contributed by atoms with Crippen molar-refractivity contribution in [2.24, 2.45) is 0 Å². The number of benzene rings is 1. The van der Waals surface area contributed by atoms with Crippen molar-refractivity contribution in [3.63, 3.8) is 0 Å². The van der Waals surface area contributed by atoms with E-state index in [0.717, 1.165) is 17.7 Å². The molecular weight excluding hydrogens is 330 g/mol. The molecule has 0 radical (unpaired) electrons. The van der Waals surface area contributed by atoms with E-state index >= 15 is 0 Å². The maximum Gasteiger partial charge on any atom is 0.321 e. The highest BCUT2D eigenvalue weighted by atomic mass is 32.2. The first-order valence-electron chi connectivity index (χ1n) is 8.30. The molecule has 3 rings (SSSR count). The number of nitrogens with one attached hydrogen (secondary N) is 1. The summed E-state index contributed by atoms with van der Waals surface area (Å²) in [5, 5.41) is 2.86. The zero-order valence-electron chi connectivity index (χ0n) is 13.8. The summed E-state index contributed by atoms with van der Waals surface area (Å²) in [6.45, 7) is 4.82. The lowest BCUT2D eigenvalue weighted by Crippen LogP contribution is -2.40. The second kappa shape index (κ2) is 7.08. The Balaban J connectivity index is 1.81. The number of nitrogens with zero attached hydrogens (tertiary/aromatic N) is 2. The molecule has 2 aliphatic rings. The maximum atomic E-state index is 12.7. The molecule has 2 amide bonds. The summed E-state index contributed by atoms with van der Waals surface area (Å²) in [6.07, 6.45) is 1.55. The average Bonchev–Trinajstić information content (AvgIpc) is 3.03. The van der Waals surface area contributed by atoms with E-state index in [0.29, 0.717) is 50.7 Å². The summed E-state index contributed by atoms with van der Waals surface area (Å²) in [7, 11) is -3.50. The Kier molecular flexibility index (Phi) is 5.07. The smallest absolute Gasteiger partial charge is 0.321 e. The van der Waals surface area contributed by atoms with Crippen LogP contribution in [-0.4, -0.2) is 58.1 Å². The number of anilines is 1. The van der Waals surface area contributed by atoms with Gasteiger partial charge in [-0.15, -0.1) is 0 Å². The summed E-state index contributed by atoms with van der Waals surface area (Å²) in [6, 6.07) is 4.91. The zero-order chi connectivity index (χ0) is 17.2. The molecule has 0 atom stereocenters. The predicted octanol–water partition coefficient (Wildman–Crippen LogP) is 1.19. The molecule has 8 heteroatoms. The molecule has 0 saturated carbocycles. The van der Waals surface area contributed by atoms with Gasteiger partial charge in [0.05, 0.1) is 18.1 Å². The average molecular weight is 353 g/mol. The van der Waals surface area contributed by atoms with Crippen LogP contribution in [0, 0.1) is 0 Å². The Bertz CT molecular complexity index is 714. The highest BCUT2D eigenvalue weighted by Crippen LogP contribution is 2.31. The van der Waals surface area contributed by atoms with Crippen LogP contribution in [0.3, 0.4) is 0 Å². The fourth-order valence-electron chi connectivity index (χ4n) is 3.01. The molecule has 1 aromatic carbocycles. The molecule has 0 aliphatic carbocycles. The number of sulfonamides is 1. The molecular formula is C16H23N3O4S. The quantitative estimate of drug-likeness (QED) is 0.882. The van der Waals surface area contributed by atoms with Gasteiger partial charge in [0.2, 0.25) is 10.0 Å². The molecule has 0 unspecified atom stereocenters. The zero-order valence-corrected chi connectivity index (χ0v) is 14.6. The van der Waals surface area contributed by atoms with Crippen LogP contribution in [0.5, 0.6) is 0 Å². The van der Waals surface area contributed by atoms with Crippen LogP contribution < -0.4 is 10.2 Å². The number of hydrogen-bond acceptors (Lipinski definition) is 4. The van der Waals surface area contributed by atoms with E-state index in [9.17, 15) is 13.2 Å². The standard InChI is InChI=1S/C16H23N3O4S/c1-2-6-17-16(20)19-7-5-13-12-14(3-4-15(13)19)24(21,22)18-8-10-23-11-9-18/h3-4,12H,2,5-11H2,1H3,(H,17,20). The van der Waals surface area contributed by atoms with Crippen LogP contribution in [0.4, 0.5) is 10.5 Å². The van der Waals surface area contributed by atoms with E-state index in [-0.39, 0.29) is 6.03 Å². The number of carbonyl (C=O) groups excluding carboxylic acids is 1. The molecule has 24 heavy (non-hydrogen) atoms. The number of amides is 2. The second-order valence-corrected chi connectivity index (χ2v) is 7.88. The van der Waals surface area contributed by atoms with Crippen molar-refractivity contribution in [2.45, 2.75) is 24.7 Å². The third-order valence-electron chi connectivity index (χ3n) is 4.33. The minimum Gasteiger partial charge on any atom is -0.379 e. The molecule has 1 aromatic rings. The van der Waals surface area contributed by atoms with Crippen molar-refractivity contribution in [2.75, 3.05) is 44.3 Å². The first-order chi connectivity index (χ1) is 11.5. The Morgan fingerprint density at radius 3 is 2.71 bits per heavy atom. The number of urea groups is 1. The minimum atomic E-state index is -3.50. The number of morpholine rings is 1. The Morgan fingerprint density at radius 2 is 2.00 bits per heavy atom. The predicted molar refractivity (Wildman–Crippen MR) is 90.8 cm³/mol. The Hall–Kier alpha value is -1.64. The largest absolute Gasteiger partial charge is 0.379 e. The molecule has 0 spiro atoms. The number of rotatable bonds is 4. The molecule has 1 N–H and O–H groups in total. The lowest BCUT2D eigenvalue weighted by molar-refractivity contribution is 0.0730. The fourth-order valence-corrected chi connectivity index (χ4v) is 4.47. The van der Waals surface area contributed by atoms with Crippen molar-refractivity contribution in [3.8, 4) is 0 Å². The molecule has 132 valence electrons. The van der Waals surface area contributed by atoms with Gasteiger partial charge in [-0.3, -0.25) is 4.90 Å². The van der Waals surface area contributed by atoms with Crippen LogP contribution in [0.2, 0.25) is 0 Å². The van der Waals surface area contributed by atoms with Gasteiger partial charge in [-0.25, -0.2) is 13.2 Å². The van der Waals surface area contributed by atoms with Gasteiger partial charge >= 0.3 is 6.03 Å². The highest BCUT2D eigenvalue weighted by Gasteiger charge is 2.30. The molecule has 0 bridgehead atoms. The third kappa shape index (κ3) is 3.26. The summed E-state index contributed by atoms with van der Waals surface area (Å²) in [5.74, 6) is 0. The minimum absolute atomic E-state index is 0.126. The first kappa shape index (κ1) is 17.2. The second-order valence-electron chi connectivity index (χ2n) is 5.94. The monoisotopic (exact) mass is 353 g/mol. The van der Waals surface area contributed by atoms with E-state index in [4.69, 9.17) is 4.74 Å². The first-order valence-corrected chi connectivity index (χ1v) is 9.74. The lowest BCUT2D eigenvalue weighted by atomic mass is 10.2. The van der Waals surface area contributed by atoms with Gasteiger partial charge in [0, 0.05) is 31.9 Å². The topological polar surface area (TPSA) is 79.0 Å². The van der Waals surface area contributed by atoms with E-state index in [1.54, 1.807) is 23.1 Å². The Morgan fingerprint density at radius 1 is 1.25 bits per heavy atom. The molecule has 2 aliphatic heterocycles. The Labute approximate surface area is 142 Å².